The summed E-state index contributed by atoms with van der Waals surface area (Å²) in [5.41, 5.74) is 4.38. The van der Waals surface area contributed by atoms with Crippen molar-refractivity contribution in [2.45, 2.75) is 40.2 Å². The van der Waals surface area contributed by atoms with E-state index in [2.05, 4.69) is 5.32 Å². The quantitative estimate of drug-likeness (QED) is 0.799. The summed E-state index contributed by atoms with van der Waals surface area (Å²) >= 11 is 0. The fraction of sp³-hybridized carbons (Fsp3) is 0.400. The van der Waals surface area contributed by atoms with Crippen LogP contribution in [0, 0.1) is 19.8 Å². The molecule has 6 nitrogen and oxygen atoms in total. The third-order valence-electron chi connectivity index (χ3n) is 5.77. The van der Waals surface area contributed by atoms with Crippen molar-refractivity contribution in [3.8, 4) is 0 Å². The Hall–Kier alpha value is -3.15. The number of anilines is 1. The molecule has 3 rings (SSSR count). The van der Waals surface area contributed by atoms with E-state index in [0.29, 0.717) is 30.9 Å². The van der Waals surface area contributed by atoms with Gasteiger partial charge in [-0.1, -0.05) is 35.4 Å². The van der Waals surface area contributed by atoms with Crippen molar-refractivity contribution in [2.75, 3.05) is 25.5 Å². The molecule has 0 bridgehead atoms. The van der Waals surface area contributed by atoms with Crippen molar-refractivity contribution in [1.29, 1.82) is 0 Å². The average Bonchev–Trinajstić information content (AvgIpc) is 2.73. The van der Waals surface area contributed by atoms with Gasteiger partial charge in [-0.25, -0.2) is 0 Å². The first kappa shape index (κ1) is 22.5. The zero-order valence-electron chi connectivity index (χ0n) is 18.8. The average molecular weight is 422 g/mol. The van der Waals surface area contributed by atoms with Crippen LogP contribution < -0.4 is 5.32 Å². The van der Waals surface area contributed by atoms with Gasteiger partial charge >= 0.3 is 0 Å². The van der Waals surface area contributed by atoms with E-state index >= 15 is 0 Å². The van der Waals surface area contributed by atoms with E-state index in [-0.39, 0.29) is 23.6 Å². The first-order valence-electron chi connectivity index (χ1n) is 10.7. The highest BCUT2D eigenvalue weighted by molar-refractivity contribution is 5.97. The van der Waals surface area contributed by atoms with Crippen molar-refractivity contribution < 1.29 is 14.4 Å². The third-order valence-corrected chi connectivity index (χ3v) is 5.77. The van der Waals surface area contributed by atoms with Gasteiger partial charge in [0, 0.05) is 44.9 Å². The van der Waals surface area contributed by atoms with Crippen molar-refractivity contribution >= 4 is 23.4 Å². The van der Waals surface area contributed by atoms with Crippen molar-refractivity contribution in [1.82, 2.24) is 9.80 Å². The molecule has 1 atom stereocenters. The minimum Gasteiger partial charge on any atom is -0.342 e. The van der Waals surface area contributed by atoms with Crippen LogP contribution in [0.5, 0.6) is 0 Å². The smallest absolute Gasteiger partial charge is 0.253 e. The lowest BCUT2D eigenvalue weighted by molar-refractivity contribution is -0.128. The summed E-state index contributed by atoms with van der Waals surface area (Å²) in [5, 5.41) is 3.03. The van der Waals surface area contributed by atoms with Crippen LogP contribution in [0.3, 0.4) is 0 Å². The maximum Gasteiger partial charge on any atom is 0.253 e. The Labute approximate surface area is 184 Å². The van der Waals surface area contributed by atoms with E-state index in [1.165, 1.54) is 6.92 Å². The number of aryl methyl sites for hydroxylation is 2. The van der Waals surface area contributed by atoms with E-state index in [9.17, 15) is 14.4 Å². The molecule has 0 spiro atoms. The van der Waals surface area contributed by atoms with Gasteiger partial charge in [-0.3, -0.25) is 14.4 Å². The number of likely N-dealkylation sites (tertiary alicyclic amines) is 1. The summed E-state index contributed by atoms with van der Waals surface area (Å²) < 4.78 is 0. The molecule has 31 heavy (non-hydrogen) atoms. The van der Waals surface area contributed by atoms with E-state index in [1.54, 1.807) is 16.8 Å². The zero-order chi connectivity index (χ0) is 22.5. The Kier molecular flexibility index (Phi) is 7.10. The second-order valence-electron chi connectivity index (χ2n) is 8.49. The number of hydrogen-bond donors (Lipinski definition) is 1. The molecule has 2 aromatic carbocycles. The Morgan fingerprint density at radius 2 is 1.77 bits per heavy atom. The number of para-hydroxylation sites is 1. The van der Waals surface area contributed by atoms with Gasteiger partial charge in [-0.05, 0) is 50.5 Å². The van der Waals surface area contributed by atoms with E-state index in [0.717, 1.165) is 29.5 Å². The Balaban J connectivity index is 1.69. The van der Waals surface area contributed by atoms with E-state index in [1.807, 2.05) is 56.3 Å². The lowest BCUT2D eigenvalue weighted by atomic mass is 9.95. The highest BCUT2D eigenvalue weighted by atomic mass is 16.2. The maximum absolute atomic E-state index is 13.0. The molecule has 0 radical (unpaired) electrons. The minimum absolute atomic E-state index is 0.0206. The molecule has 1 saturated heterocycles. The molecular weight excluding hydrogens is 390 g/mol. The normalized spacial score (nSPS) is 16.0. The number of piperidine rings is 1. The van der Waals surface area contributed by atoms with Crippen LogP contribution in [0.25, 0.3) is 0 Å². The predicted octanol–water partition coefficient (Wildman–Crippen LogP) is 3.77. The van der Waals surface area contributed by atoms with Crippen LogP contribution in [-0.2, 0) is 16.1 Å². The molecule has 0 saturated carbocycles. The summed E-state index contributed by atoms with van der Waals surface area (Å²) in [6.07, 6.45) is 1.54. The minimum atomic E-state index is -0.262. The topological polar surface area (TPSA) is 69.7 Å². The first-order valence-corrected chi connectivity index (χ1v) is 10.7. The molecule has 1 unspecified atom stereocenters. The number of rotatable bonds is 5. The Morgan fingerprint density at radius 1 is 1.10 bits per heavy atom. The van der Waals surface area contributed by atoms with Crippen LogP contribution in [0.4, 0.5) is 5.69 Å². The number of carbonyl (C=O) groups is 3. The maximum atomic E-state index is 13.0. The molecule has 3 amide bonds. The number of nitrogens with one attached hydrogen (secondary N) is 1. The van der Waals surface area contributed by atoms with Gasteiger partial charge in [-0.2, -0.15) is 0 Å². The number of hydrogen-bond acceptors (Lipinski definition) is 3. The Morgan fingerprint density at radius 3 is 2.45 bits per heavy atom. The van der Waals surface area contributed by atoms with E-state index < -0.39 is 0 Å². The molecular formula is C25H31N3O3. The molecule has 0 aromatic heterocycles. The van der Waals surface area contributed by atoms with Crippen LogP contribution in [0.2, 0.25) is 0 Å². The fourth-order valence-electron chi connectivity index (χ4n) is 4.04. The monoisotopic (exact) mass is 421 g/mol. The predicted molar refractivity (Wildman–Crippen MR) is 122 cm³/mol. The lowest BCUT2D eigenvalue weighted by Gasteiger charge is -2.32. The highest BCUT2D eigenvalue weighted by Gasteiger charge is 2.29. The molecule has 1 fully saturated rings. The largest absolute Gasteiger partial charge is 0.342 e. The van der Waals surface area contributed by atoms with Crippen molar-refractivity contribution in [2.24, 2.45) is 5.92 Å². The molecule has 0 aliphatic carbocycles. The summed E-state index contributed by atoms with van der Waals surface area (Å²) in [6.45, 7) is 6.98. The second kappa shape index (κ2) is 9.77. The summed E-state index contributed by atoms with van der Waals surface area (Å²) in [4.78, 5) is 41.0. The number of carbonyl (C=O) groups excluding carboxylic acids is 3. The molecule has 1 aliphatic heterocycles. The molecule has 2 aromatic rings. The number of benzene rings is 2. The fourth-order valence-corrected chi connectivity index (χ4v) is 4.04. The SMILES string of the molecule is CC(=O)N(C)Cc1ccccc1NC(=O)C1CCCN(C(=O)c2cc(C)cc(C)c2)C1. The molecule has 1 aliphatic rings. The van der Waals surface area contributed by atoms with Crippen molar-refractivity contribution in [3.05, 3.63) is 64.7 Å². The first-order chi connectivity index (χ1) is 14.7. The highest BCUT2D eigenvalue weighted by Crippen LogP contribution is 2.23. The van der Waals surface area contributed by atoms with Crippen molar-refractivity contribution in [3.63, 3.8) is 0 Å². The number of nitrogens with zero attached hydrogens (tertiary/aromatic N) is 2. The van der Waals surface area contributed by atoms with Crippen LogP contribution >= 0.6 is 0 Å². The van der Waals surface area contributed by atoms with Crippen LogP contribution in [-0.4, -0.2) is 47.7 Å². The molecule has 1 N–H and O–H groups in total. The Bertz CT molecular complexity index is 965. The van der Waals surface area contributed by atoms with Gasteiger partial charge in [0.2, 0.25) is 11.8 Å². The standard InChI is InChI=1S/C25H31N3O3/c1-17-12-18(2)14-22(13-17)25(31)28-11-7-9-21(16-28)24(30)26-23-10-6-5-8-20(23)15-27(4)19(3)29/h5-6,8,10,12-14,21H,7,9,11,15-16H2,1-4H3,(H,26,30). The van der Waals surface area contributed by atoms with Gasteiger partial charge < -0.3 is 15.1 Å². The summed E-state index contributed by atoms with van der Waals surface area (Å²) in [5.74, 6) is -0.403. The van der Waals surface area contributed by atoms with Gasteiger partial charge in [0.1, 0.15) is 0 Å². The summed E-state index contributed by atoms with van der Waals surface area (Å²) in [7, 11) is 1.73. The van der Waals surface area contributed by atoms with Crippen LogP contribution in [0.1, 0.15) is 46.8 Å². The zero-order valence-corrected chi connectivity index (χ0v) is 18.8. The van der Waals surface area contributed by atoms with Gasteiger partial charge in [-0.15, -0.1) is 0 Å². The van der Waals surface area contributed by atoms with Gasteiger partial charge in [0.05, 0.1) is 5.92 Å². The van der Waals surface area contributed by atoms with E-state index in [4.69, 9.17) is 0 Å². The second-order valence-corrected chi connectivity index (χ2v) is 8.49. The molecule has 164 valence electrons. The van der Waals surface area contributed by atoms with Gasteiger partial charge in [0.25, 0.3) is 5.91 Å². The van der Waals surface area contributed by atoms with Gasteiger partial charge in [0.15, 0.2) is 0 Å². The summed E-state index contributed by atoms with van der Waals surface area (Å²) in [6, 6.07) is 13.4. The van der Waals surface area contributed by atoms with Crippen LogP contribution in [0.15, 0.2) is 42.5 Å². The number of amides is 3. The lowest BCUT2D eigenvalue weighted by Crippen LogP contribution is -2.43. The molecule has 1 heterocycles. The molecule has 6 heteroatoms. The third kappa shape index (κ3) is 5.72.